The summed E-state index contributed by atoms with van der Waals surface area (Å²) in [6.45, 7) is 6.70. The molecule has 1 saturated heterocycles. The number of carbonyl (C=O) groups excluding carboxylic acids is 1. The second-order valence-corrected chi connectivity index (χ2v) is 6.07. The van der Waals surface area contributed by atoms with Gasteiger partial charge in [-0.3, -0.25) is 9.59 Å². The molecule has 0 aromatic carbocycles. The Morgan fingerprint density at radius 3 is 2.56 bits per heavy atom. The first-order valence-electron chi connectivity index (χ1n) is 6.42. The normalized spacial score (nSPS) is 21.6. The van der Waals surface area contributed by atoms with E-state index in [9.17, 15) is 9.59 Å². The van der Waals surface area contributed by atoms with E-state index in [1.807, 2.05) is 20.8 Å². The summed E-state index contributed by atoms with van der Waals surface area (Å²) in [5.74, 6) is -1.07. The van der Waals surface area contributed by atoms with Crippen LogP contribution in [0, 0.1) is 5.41 Å². The highest BCUT2D eigenvalue weighted by molar-refractivity contribution is 5.82. The topological polar surface area (TPSA) is 75.6 Å². The lowest BCUT2D eigenvalue weighted by Gasteiger charge is -2.26. The van der Waals surface area contributed by atoms with Crippen molar-refractivity contribution in [3.8, 4) is 0 Å². The van der Waals surface area contributed by atoms with Crippen LogP contribution >= 0.6 is 0 Å². The molecule has 1 aliphatic rings. The maximum atomic E-state index is 11.9. The van der Waals surface area contributed by atoms with Gasteiger partial charge in [0.05, 0.1) is 6.42 Å². The van der Waals surface area contributed by atoms with E-state index < -0.39 is 12.1 Å². The molecule has 0 aliphatic carbocycles. The number of ether oxygens (including phenoxy) is 1. The van der Waals surface area contributed by atoms with Crippen LogP contribution in [-0.4, -0.2) is 35.7 Å². The summed E-state index contributed by atoms with van der Waals surface area (Å²) in [6, 6.07) is -0.334. The highest BCUT2D eigenvalue weighted by atomic mass is 16.5. The van der Waals surface area contributed by atoms with E-state index in [0.29, 0.717) is 13.0 Å². The molecule has 1 heterocycles. The minimum atomic E-state index is -0.892. The van der Waals surface area contributed by atoms with E-state index in [1.165, 1.54) is 0 Å². The first kappa shape index (κ1) is 15.0. The maximum Gasteiger partial charge on any atom is 0.305 e. The van der Waals surface area contributed by atoms with Gasteiger partial charge in [0.2, 0.25) is 5.91 Å². The zero-order valence-corrected chi connectivity index (χ0v) is 11.4. The quantitative estimate of drug-likeness (QED) is 0.783. The average molecular weight is 257 g/mol. The van der Waals surface area contributed by atoms with Crippen molar-refractivity contribution in [2.24, 2.45) is 5.41 Å². The molecule has 2 N–H and O–H groups in total. The van der Waals surface area contributed by atoms with Gasteiger partial charge < -0.3 is 15.2 Å². The number of rotatable bonds is 5. The van der Waals surface area contributed by atoms with Crippen LogP contribution in [-0.2, 0) is 14.3 Å². The Hall–Kier alpha value is -1.10. The third-order valence-corrected chi connectivity index (χ3v) is 2.85. The lowest BCUT2D eigenvalue weighted by Crippen LogP contribution is -2.43. The van der Waals surface area contributed by atoms with Crippen LogP contribution < -0.4 is 5.32 Å². The molecule has 5 nitrogen and oxygen atoms in total. The van der Waals surface area contributed by atoms with Gasteiger partial charge in [0, 0.05) is 12.6 Å². The summed E-state index contributed by atoms with van der Waals surface area (Å²) in [6.07, 6.45) is 1.80. The van der Waals surface area contributed by atoms with Gasteiger partial charge in [-0.05, 0) is 24.7 Å². The van der Waals surface area contributed by atoms with Gasteiger partial charge in [-0.25, -0.2) is 0 Å². The van der Waals surface area contributed by atoms with E-state index in [2.05, 4.69) is 5.32 Å². The standard InChI is InChI=1S/C13H23NO4/c1-13(2,3)8-9(7-11(15)16)14-12(17)10-5-4-6-18-10/h9-10H,4-8H2,1-3H3,(H,14,17)(H,15,16)/t9?,10-/m1/s1. The fraction of sp³-hybridized carbons (Fsp3) is 0.846. The molecule has 1 unspecified atom stereocenters. The molecule has 0 aromatic rings. The predicted molar refractivity (Wildman–Crippen MR) is 67.2 cm³/mol. The van der Waals surface area contributed by atoms with Crippen molar-refractivity contribution in [2.75, 3.05) is 6.61 Å². The zero-order valence-electron chi connectivity index (χ0n) is 11.4. The Bertz CT molecular complexity index is 303. The predicted octanol–water partition coefficient (Wildman–Crippen LogP) is 1.56. The fourth-order valence-corrected chi connectivity index (χ4v) is 2.20. The van der Waals surface area contributed by atoms with Gasteiger partial charge in [0.25, 0.3) is 0 Å². The van der Waals surface area contributed by atoms with Gasteiger partial charge in [0.1, 0.15) is 6.10 Å². The van der Waals surface area contributed by atoms with Crippen LogP contribution in [0.25, 0.3) is 0 Å². The second-order valence-electron chi connectivity index (χ2n) is 6.07. The van der Waals surface area contributed by atoms with E-state index in [4.69, 9.17) is 9.84 Å². The molecule has 104 valence electrons. The second kappa shape index (κ2) is 6.18. The lowest BCUT2D eigenvalue weighted by atomic mass is 9.87. The number of carboxylic acids is 1. The van der Waals surface area contributed by atoms with Crippen LogP contribution in [0.15, 0.2) is 0 Å². The summed E-state index contributed by atoms with van der Waals surface area (Å²) >= 11 is 0. The van der Waals surface area contributed by atoms with Crippen molar-refractivity contribution in [1.82, 2.24) is 5.32 Å². The summed E-state index contributed by atoms with van der Waals surface area (Å²) < 4.78 is 5.29. The van der Waals surface area contributed by atoms with Crippen LogP contribution in [0.1, 0.15) is 46.5 Å². The molecule has 0 spiro atoms. The Balaban J connectivity index is 2.53. The molecule has 0 aromatic heterocycles. The van der Waals surface area contributed by atoms with Crippen molar-refractivity contribution in [3.05, 3.63) is 0 Å². The monoisotopic (exact) mass is 257 g/mol. The molecule has 1 fully saturated rings. The lowest BCUT2D eigenvalue weighted by molar-refractivity contribution is -0.138. The Labute approximate surface area is 108 Å². The smallest absolute Gasteiger partial charge is 0.305 e. The number of hydrogen-bond donors (Lipinski definition) is 2. The van der Waals surface area contributed by atoms with Gasteiger partial charge in [-0.15, -0.1) is 0 Å². The van der Waals surface area contributed by atoms with Crippen molar-refractivity contribution in [2.45, 2.75) is 58.6 Å². The van der Waals surface area contributed by atoms with Crippen molar-refractivity contribution < 1.29 is 19.4 Å². The fourth-order valence-electron chi connectivity index (χ4n) is 2.20. The molecule has 1 aliphatic heterocycles. The molecule has 1 rings (SSSR count). The minimum Gasteiger partial charge on any atom is -0.481 e. The molecular formula is C13H23NO4. The first-order chi connectivity index (χ1) is 8.28. The van der Waals surface area contributed by atoms with Crippen LogP contribution in [0.5, 0.6) is 0 Å². The number of nitrogens with one attached hydrogen (secondary N) is 1. The SMILES string of the molecule is CC(C)(C)CC(CC(=O)O)NC(=O)[C@H]1CCCO1. The van der Waals surface area contributed by atoms with E-state index in [-0.39, 0.29) is 23.8 Å². The minimum absolute atomic E-state index is 0.0239. The Morgan fingerprint density at radius 2 is 2.11 bits per heavy atom. The van der Waals surface area contributed by atoms with Crippen molar-refractivity contribution >= 4 is 11.9 Å². The Morgan fingerprint density at radius 1 is 1.44 bits per heavy atom. The molecular weight excluding hydrogens is 234 g/mol. The van der Waals surface area contributed by atoms with Gasteiger partial charge in [0.15, 0.2) is 0 Å². The number of hydrogen-bond acceptors (Lipinski definition) is 3. The molecule has 0 saturated carbocycles. The maximum absolute atomic E-state index is 11.9. The number of carboxylic acid groups (broad SMARTS) is 1. The van der Waals surface area contributed by atoms with E-state index in [1.54, 1.807) is 0 Å². The first-order valence-corrected chi connectivity index (χ1v) is 6.42. The van der Waals surface area contributed by atoms with Gasteiger partial charge in [-0.2, -0.15) is 0 Å². The molecule has 1 amide bonds. The zero-order chi connectivity index (χ0) is 13.8. The van der Waals surface area contributed by atoms with Crippen LogP contribution in [0.2, 0.25) is 0 Å². The molecule has 5 heteroatoms. The highest BCUT2D eigenvalue weighted by Crippen LogP contribution is 2.22. The van der Waals surface area contributed by atoms with Crippen molar-refractivity contribution in [3.63, 3.8) is 0 Å². The third-order valence-electron chi connectivity index (χ3n) is 2.85. The van der Waals surface area contributed by atoms with Crippen LogP contribution in [0.4, 0.5) is 0 Å². The average Bonchev–Trinajstić information content (AvgIpc) is 2.65. The molecule has 0 radical (unpaired) electrons. The largest absolute Gasteiger partial charge is 0.481 e. The van der Waals surface area contributed by atoms with Gasteiger partial charge >= 0.3 is 5.97 Å². The number of carbonyl (C=O) groups is 2. The van der Waals surface area contributed by atoms with E-state index in [0.717, 1.165) is 12.8 Å². The summed E-state index contributed by atoms with van der Waals surface area (Å²) in [5.41, 5.74) is -0.0239. The molecule has 0 bridgehead atoms. The molecule has 18 heavy (non-hydrogen) atoms. The Kier molecular flexibility index (Phi) is 5.14. The van der Waals surface area contributed by atoms with Crippen molar-refractivity contribution in [1.29, 1.82) is 0 Å². The highest BCUT2D eigenvalue weighted by Gasteiger charge is 2.28. The summed E-state index contributed by atoms with van der Waals surface area (Å²) in [7, 11) is 0. The number of amides is 1. The molecule has 2 atom stereocenters. The van der Waals surface area contributed by atoms with Crippen LogP contribution in [0.3, 0.4) is 0 Å². The van der Waals surface area contributed by atoms with Gasteiger partial charge in [-0.1, -0.05) is 20.8 Å². The summed E-state index contributed by atoms with van der Waals surface area (Å²) in [4.78, 5) is 22.7. The number of aliphatic carboxylic acids is 1. The van der Waals surface area contributed by atoms with E-state index >= 15 is 0 Å². The third kappa shape index (κ3) is 5.49. The summed E-state index contributed by atoms with van der Waals surface area (Å²) in [5, 5.41) is 11.7.